The summed E-state index contributed by atoms with van der Waals surface area (Å²) in [4.78, 5) is 2.29. The van der Waals surface area contributed by atoms with E-state index in [4.69, 9.17) is 11.6 Å². The lowest BCUT2D eigenvalue weighted by Crippen LogP contribution is -2.30. The van der Waals surface area contributed by atoms with Gasteiger partial charge in [0, 0.05) is 19.6 Å². The third kappa shape index (κ3) is 4.70. The quantitative estimate of drug-likeness (QED) is 0.801. The van der Waals surface area contributed by atoms with Gasteiger partial charge in [0.25, 0.3) is 0 Å². The SMILES string of the molecule is CCC(C)N(C)c1c(Cl)cccc1CNCC(C)C. The van der Waals surface area contributed by atoms with Crippen molar-refractivity contribution in [2.45, 2.75) is 46.7 Å². The summed E-state index contributed by atoms with van der Waals surface area (Å²) in [6.07, 6.45) is 1.11. The van der Waals surface area contributed by atoms with Crippen molar-refractivity contribution in [3.63, 3.8) is 0 Å². The molecule has 2 nitrogen and oxygen atoms in total. The molecule has 1 N–H and O–H groups in total. The number of hydrogen-bond donors (Lipinski definition) is 1. The van der Waals surface area contributed by atoms with E-state index < -0.39 is 0 Å². The fourth-order valence-electron chi connectivity index (χ4n) is 2.09. The minimum Gasteiger partial charge on any atom is -0.370 e. The van der Waals surface area contributed by atoms with Gasteiger partial charge >= 0.3 is 0 Å². The van der Waals surface area contributed by atoms with Crippen LogP contribution in [0.25, 0.3) is 0 Å². The van der Waals surface area contributed by atoms with Gasteiger partial charge < -0.3 is 10.2 Å². The van der Waals surface area contributed by atoms with Crippen LogP contribution in [0.5, 0.6) is 0 Å². The van der Waals surface area contributed by atoms with Crippen LogP contribution >= 0.6 is 11.6 Å². The zero-order valence-electron chi connectivity index (χ0n) is 12.8. The first-order chi connectivity index (χ1) is 8.97. The molecule has 1 rings (SSSR count). The molecule has 1 unspecified atom stereocenters. The van der Waals surface area contributed by atoms with Crippen molar-refractivity contribution in [1.82, 2.24) is 5.32 Å². The Kier molecular flexibility index (Phi) is 6.67. The summed E-state index contributed by atoms with van der Waals surface area (Å²) >= 11 is 6.40. The Balaban J connectivity index is 2.88. The van der Waals surface area contributed by atoms with E-state index in [2.05, 4.69) is 51.0 Å². The number of halogens is 1. The van der Waals surface area contributed by atoms with Crippen molar-refractivity contribution in [1.29, 1.82) is 0 Å². The number of hydrogen-bond acceptors (Lipinski definition) is 2. The summed E-state index contributed by atoms with van der Waals surface area (Å²) in [6, 6.07) is 6.65. The molecule has 0 fully saturated rings. The Labute approximate surface area is 123 Å². The van der Waals surface area contributed by atoms with Crippen LogP contribution in [-0.4, -0.2) is 19.6 Å². The van der Waals surface area contributed by atoms with Crippen LogP contribution in [0.2, 0.25) is 5.02 Å². The molecule has 1 aromatic rings. The molecule has 0 spiro atoms. The molecule has 1 aromatic carbocycles. The minimum absolute atomic E-state index is 0.490. The van der Waals surface area contributed by atoms with Crippen molar-refractivity contribution in [3.8, 4) is 0 Å². The number of nitrogens with zero attached hydrogens (tertiary/aromatic N) is 1. The molecule has 108 valence electrons. The molecule has 0 aromatic heterocycles. The maximum Gasteiger partial charge on any atom is 0.0642 e. The molecule has 0 aliphatic heterocycles. The first kappa shape index (κ1) is 16.3. The van der Waals surface area contributed by atoms with Crippen LogP contribution in [0.4, 0.5) is 5.69 Å². The summed E-state index contributed by atoms with van der Waals surface area (Å²) in [7, 11) is 2.13. The summed E-state index contributed by atoms with van der Waals surface area (Å²) in [5, 5.41) is 4.33. The highest BCUT2D eigenvalue weighted by atomic mass is 35.5. The summed E-state index contributed by atoms with van der Waals surface area (Å²) < 4.78 is 0. The average molecular weight is 283 g/mol. The summed E-state index contributed by atoms with van der Waals surface area (Å²) in [6.45, 7) is 10.8. The second-order valence-corrected chi connectivity index (χ2v) is 6.05. The predicted octanol–water partition coefficient (Wildman–Crippen LogP) is 4.32. The maximum absolute atomic E-state index is 6.40. The van der Waals surface area contributed by atoms with Gasteiger partial charge in [-0.15, -0.1) is 0 Å². The van der Waals surface area contributed by atoms with Crippen LogP contribution in [-0.2, 0) is 6.54 Å². The van der Waals surface area contributed by atoms with Gasteiger partial charge in [0.15, 0.2) is 0 Å². The van der Waals surface area contributed by atoms with E-state index in [1.807, 2.05) is 12.1 Å². The molecule has 0 radical (unpaired) electrons. The molecule has 0 saturated carbocycles. The Bertz CT molecular complexity index is 390. The lowest BCUT2D eigenvalue weighted by molar-refractivity contribution is 0.551. The van der Waals surface area contributed by atoms with Gasteiger partial charge in [0.1, 0.15) is 0 Å². The number of para-hydroxylation sites is 1. The predicted molar refractivity (Wildman–Crippen MR) is 86.2 cm³/mol. The molecule has 0 bridgehead atoms. The Morgan fingerprint density at radius 2 is 1.95 bits per heavy atom. The molecule has 0 heterocycles. The molecule has 3 heteroatoms. The number of benzene rings is 1. The highest BCUT2D eigenvalue weighted by molar-refractivity contribution is 6.33. The van der Waals surface area contributed by atoms with Crippen molar-refractivity contribution in [2.75, 3.05) is 18.5 Å². The fourth-order valence-corrected chi connectivity index (χ4v) is 2.41. The van der Waals surface area contributed by atoms with Crippen LogP contribution < -0.4 is 10.2 Å². The van der Waals surface area contributed by atoms with Crippen LogP contribution in [0.1, 0.15) is 39.7 Å². The third-order valence-electron chi connectivity index (χ3n) is 3.54. The second kappa shape index (κ2) is 7.76. The number of rotatable bonds is 7. The Morgan fingerprint density at radius 1 is 1.26 bits per heavy atom. The van der Waals surface area contributed by atoms with Crippen molar-refractivity contribution in [2.24, 2.45) is 5.92 Å². The standard InChI is InChI=1S/C16H27ClN2/c1-6-13(4)19(5)16-14(8-7-9-15(16)17)11-18-10-12(2)3/h7-9,12-13,18H,6,10-11H2,1-5H3. The second-order valence-electron chi connectivity index (χ2n) is 5.64. The topological polar surface area (TPSA) is 15.3 Å². The van der Waals surface area contributed by atoms with Gasteiger partial charge in [-0.25, -0.2) is 0 Å². The first-order valence-corrected chi connectivity index (χ1v) is 7.56. The maximum atomic E-state index is 6.40. The zero-order chi connectivity index (χ0) is 14.4. The Morgan fingerprint density at radius 3 is 2.53 bits per heavy atom. The van der Waals surface area contributed by atoms with Crippen LogP contribution in [0.15, 0.2) is 18.2 Å². The molecule has 0 saturated heterocycles. The molecule has 0 amide bonds. The normalized spacial score (nSPS) is 12.8. The fraction of sp³-hybridized carbons (Fsp3) is 0.625. The smallest absolute Gasteiger partial charge is 0.0642 e. The largest absolute Gasteiger partial charge is 0.370 e. The molecular weight excluding hydrogens is 256 g/mol. The number of anilines is 1. The molecule has 0 aliphatic carbocycles. The van der Waals surface area contributed by atoms with Gasteiger partial charge in [-0.3, -0.25) is 0 Å². The third-order valence-corrected chi connectivity index (χ3v) is 3.85. The Hall–Kier alpha value is -0.730. The van der Waals surface area contributed by atoms with E-state index in [0.29, 0.717) is 12.0 Å². The monoisotopic (exact) mass is 282 g/mol. The molecule has 1 atom stereocenters. The van der Waals surface area contributed by atoms with E-state index in [1.165, 1.54) is 5.56 Å². The van der Waals surface area contributed by atoms with Crippen LogP contribution in [0, 0.1) is 5.92 Å². The van der Waals surface area contributed by atoms with Crippen molar-refractivity contribution < 1.29 is 0 Å². The average Bonchev–Trinajstić information content (AvgIpc) is 2.37. The van der Waals surface area contributed by atoms with Gasteiger partial charge in [0.05, 0.1) is 10.7 Å². The summed E-state index contributed by atoms with van der Waals surface area (Å²) in [5.41, 5.74) is 2.44. The van der Waals surface area contributed by atoms with E-state index in [0.717, 1.165) is 30.2 Å². The molecule has 0 aliphatic rings. The van der Waals surface area contributed by atoms with E-state index in [9.17, 15) is 0 Å². The lowest BCUT2D eigenvalue weighted by atomic mass is 10.1. The van der Waals surface area contributed by atoms with Crippen molar-refractivity contribution in [3.05, 3.63) is 28.8 Å². The minimum atomic E-state index is 0.490. The molecule has 19 heavy (non-hydrogen) atoms. The first-order valence-electron chi connectivity index (χ1n) is 7.18. The van der Waals surface area contributed by atoms with E-state index in [1.54, 1.807) is 0 Å². The van der Waals surface area contributed by atoms with E-state index in [-0.39, 0.29) is 0 Å². The highest BCUT2D eigenvalue weighted by Crippen LogP contribution is 2.30. The lowest BCUT2D eigenvalue weighted by Gasteiger charge is -2.29. The molecular formula is C16H27ClN2. The van der Waals surface area contributed by atoms with Gasteiger partial charge in [-0.05, 0) is 37.4 Å². The number of nitrogens with one attached hydrogen (secondary N) is 1. The van der Waals surface area contributed by atoms with Gasteiger partial charge in [-0.1, -0.05) is 44.5 Å². The summed E-state index contributed by atoms with van der Waals surface area (Å²) in [5.74, 6) is 0.662. The van der Waals surface area contributed by atoms with Gasteiger partial charge in [-0.2, -0.15) is 0 Å². The van der Waals surface area contributed by atoms with Crippen LogP contribution in [0.3, 0.4) is 0 Å². The van der Waals surface area contributed by atoms with E-state index >= 15 is 0 Å². The van der Waals surface area contributed by atoms with Gasteiger partial charge in [0.2, 0.25) is 0 Å². The zero-order valence-corrected chi connectivity index (χ0v) is 13.6. The highest BCUT2D eigenvalue weighted by Gasteiger charge is 2.15. The van der Waals surface area contributed by atoms with Crippen molar-refractivity contribution >= 4 is 17.3 Å².